The molecule has 0 spiro atoms. The highest BCUT2D eigenvalue weighted by molar-refractivity contribution is 6.06. The molecular weight excluding hydrogens is 242 g/mol. The van der Waals surface area contributed by atoms with Crippen molar-refractivity contribution in [3.63, 3.8) is 0 Å². The quantitative estimate of drug-likeness (QED) is 0.307. The number of amidine groups is 1. The van der Waals surface area contributed by atoms with Crippen LogP contribution in [-0.4, -0.2) is 23.0 Å². The topological polar surface area (TPSA) is 87.7 Å². The van der Waals surface area contributed by atoms with Gasteiger partial charge >= 0.3 is 0 Å². The highest BCUT2D eigenvalue weighted by Gasteiger charge is 2.45. The summed E-state index contributed by atoms with van der Waals surface area (Å²) in [6.07, 6.45) is 5.97. The molecule has 2 saturated carbocycles. The second-order valence-corrected chi connectivity index (χ2v) is 6.03. The van der Waals surface area contributed by atoms with Crippen LogP contribution >= 0.6 is 0 Å². The molecule has 0 aromatic rings. The molecular formula is C14H25N3O2. The van der Waals surface area contributed by atoms with E-state index in [2.05, 4.69) is 10.5 Å². The molecule has 19 heavy (non-hydrogen) atoms. The second kappa shape index (κ2) is 5.39. The number of nitrogens with zero attached hydrogens (tertiary/aromatic N) is 1. The maximum Gasteiger partial charge on any atom is 0.234 e. The van der Waals surface area contributed by atoms with Crippen LogP contribution in [0.25, 0.3) is 0 Å². The highest BCUT2D eigenvalue weighted by Crippen LogP contribution is 2.44. The average Bonchev–Trinajstić information content (AvgIpc) is 3.02. The Morgan fingerprint density at radius 3 is 2.47 bits per heavy atom. The van der Waals surface area contributed by atoms with Gasteiger partial charge in [0.15, 0.2) is 5.84 Å². The van der Waals surface area contributed by atoms with E-state index in [9.17, 15) is 4.79 Å². The monoisotopic (exact) mass is 267 g/mol. The predicted molar refractivity (Wildman–Crippen MR) is 73.8 cm³/mol. The van der Waals surface area contributed by atoms with E-state index in [1.54, 1.807) is 0 Å². The Bertz CT molecular complexity index is 377. The van der Waals surface area contributed by atoms with Crippen molar-refractivity contribution in [2.24, 2.45) is 28.1 Å². The molecule has 5 nitrogen and oxygen atoms in total. The molecule has 3 atom stereocenters. The molecule has 1 amide bonds. The van der Waals surface area contributed by atoms with E-state index in [0.29, 0.717) is 18.8 Å². The molecule has 4 N–H and O–H groups in total. The molecule has 5 heteroatoms. The smallest absolute Gasteiger partial charge is 0.234 e. The Morgan fingerprint density at radius 1 is 1.37 bits per heavy atom. The Kier molecular flexibility index (Phi) is 4.02. The predicted octanol–water partition coefficient (Wildman–Crippen LogP) is 1.84. The van der Waals surface area contributed by atoms with Gasteiger partial charge in [0.2, 0.25) is 5.91 Å². The van der Waals surface area contributed by atoms with E-state index < -0.39 is 5.41 Å². The molecule has 2 aliphatic rings. The maximum atomic E-state index is 12.6. The van der Waals surface area contributed by atoms with Crippen molar-refractivity contribution in [2.75, 3.05) is 0 Å². The van der Waals surface area contributed by atoms with Gasteiger partial charge in [-0.25, -0.2) is 0 Å². The normalized spacial score (nSPS) is 30.6. The Hall–Kier alpha value is -1.26. The lowest BCUT2D eigenvalue weighted by Gasteiger charge is -2.32. The molecule has 0 aromatic carbocycles. The fourth-order valence-electron chi connectivity index (χ4n) is 3.87. The van der Waals surface area contributed by atoms with Gasteiger partial charge in [0, 0.05) is 6.04 Å². The van der Waals surface area contributed by atoms with Gasteiger partial charge in [0.1, 0.15) is 5.41 Å². The summed E-state index contributed by atoms with van der Waals surface area (Å²) in [7, 11) is 0. The zero-order valence-electron chi connectivity index (χ0n) is 11.9. The molecule has 0 heterocycles. The Labute approximate surface area is 114 Å². The zero-order chi connectivity index (χ0) is 14.0. The molecule has 0 aliphatic heterocycles. The van der Waals surface area contributed by atoms with E-state index in [1.807, 2.05) is 13.8 Å². The minimum absolute atomic E-state index is 0.0261. The third-order valence-corrected chi connectivity index (χ3v) is 5.29. The molecule has 2 aliphatic carbocycles. The molecule has 2 bridgehead atoms. The van der Waals surface area contributed by atoms with Crippen molar-refractivity contribution in [1.82, 2.24) is 5.32 Å². The molecule has 3 unspecified atom stereocenters. The highest BCUT2D eigenvalue weighted by atomic mass is 16.4. The van der Waals surface area contributed by atoms with Gasteiger partial charge < -0.3 is 16.3 Å². The second-order valence-electron chi connectivity index (χ2n) is 6.03. The largest absolute Gasteiger partial charge is 0.409 e. The van der Waals surface area contributed by atoms with Crippen molar-refractivity contribution in [3.05, 3.63) is 0 Å². The number of nitrogens with two attached hydrogens (primary N) is 1. The number of oxime groups is 1. The van der Waals surface area contributed by atoms with Gasteiger partial charge in [-0.05, 0) is 43.9 Å². The van der Waals surface area contributed by atoms with Crippen LogP contribution in [0.1, 0.15) is 52.4 Å². The number of fused-ring (bicyclic) bond motifs is 2. The van der Waals surface area contributed by atoms with Crippen LogP contribution in [0.2, 0.25) is 0 Å². The lowest BCUT2D eigenvalue weighted by molar-refractivity contribution is -0.129. The zero-order valence-corrected chi connectivity index (χ0v) is 11.9. The van der Waals surface area contributed by atoms with Gasteiger partial charge in [-0.1, -0.05) is 25.4 Å². The summed E-state index contributed by atoms with van der Waals surface area (Å²) in [5.74, 6) is 1.37. The minimum Gasteiger partial charge on any atom is -0.409 e. The van der Waals surface area contributed by atoms with Gasteiger partial charge in [-0.15, -0.1) is 0 Å². The van der Waals surface area contributed by atoms with Gasteiger partial charge in [0.25, 0.3) is 0 Å². The third kappa shape index (κ3) is 2.30. The Balaban J connectivity index is 2.08. The van der Waals surface area contributed by atoms with Gasteiger partial charge in [-0.3, -0.25) is 4.79 Å². The average molecular weight is 267 g/mol. The third-order valence-electron chi connectivity index (χ3n) is 5.29. The van der Waals surface area contributed by atoms with Crippen LogP contribution < -0.4 is 11.1 Å². The van der Waals surface area contributed by atoms with E-state index in [0.717, 1.165) is 12.3 Å². The standard InChI is InChI=1S/C14H25N3O2/c1-3-14(4-2,12(15)17-19)13(18)16-11-8-9-5-6-10(11)7-9/h9-11,19H,3-8H2,1-2H3,(H2,15,17)(H,16,18). The summed E-state index contributed by atoms with van der Waals surface area (Å²) in [4.78, 5) is 12.6. The van der Waals surface area contributed by atoms with Crippen LogP contribution in [0.5, 0.6) is 0 Å². The first-order valence-corrected chi connectivity index (χ1v) is 7.36. The van der Waals surface area contributed by atoms with Crippen LogP contribution in [0.15, 0.2) is 5.16 Å². The lowest BCUT2D eigenvalue weighted by atomic mass is 9.79. The van der Waals surface area contributed by atoms with Crippen molar-refractivity contribution in [2.45, 2.75) is 58.4 Å². The summed E-state index contributed by atoms with van der Waals surface area (Å²) in [6, 6.07) is 0.287. The number of carbonyl (C=O) groups is 1. The SMILES string of the molecule is CCC(CC)(C(=O)NC1CC2CCC1C2)C(N)=NO. The fourth-order valence-corrected chi connectivity index (χ4v) is 3.87. The molecule has 0 aromatic heterocycles. The Morgan fingerprint density at radius 2 is 2.05 bits per heavy atom. The first kappa shape index (κ1) is 14.2. The molecule has 0 radical (unpaired) electrons. The number of hydrogen-bond donors (Lipinski definition) is 3. The van der Waals surface area contributed by atoms with Crippen molar-refractivity contribution < 1.29 is 10.0 Å². The number of hydrogen-bond acceptors (Lipinski definition) is 3. The maximum absolute atomic E-state index is 12.6. The minimum atomic E-state index is -0.865. The van der Waals surface area contributed by atoms with E-state index >= 15 is 0 Å². The van der Waals surface area contributed by atoms with Crippen LogP contribution in [0, 0.1) is 17.3 Å². The first-order valence-electron chi connectivity index (χ1n) is 7.36. The van der Waals surface area contributed by atoms with Crippen LogP contribution in [-0.2, 0) is 4.79 Å². The van der Waals surface area contributed by atoms with E-state index in [4.69, 9.17) is 10.9 Å². The molecule has 2 fully saturated rings. The number of carbonyl (C=O) groups excluding carboxylic acids is 1. The van der Waals surface area contributed by atoms with E-state index in [-0.39, 0.29) is 17.8 Å². The van der Waals surface area contributed by atoms with Crippen LogP contribution in [0.4, 0.5) is 0 Å². The fraction of sp³-hybridized carbons (Fsp3) is 0.857. The lowest BCUT2D eigenvalue weighted by Crippen LogP contribution is -2.52. The van der Waals surface area contributed by atoms with E-state index in [1.165, 1.54) is 19.3 Å². The van der Waals surface area contributed by atoms with Gasteiger partial charge in [-0.2, -0.15) is 0 Å². The molecule has 108 valence electrons. The number of amides is 1. The van der Waals surface area contributed by atoms with Crippen molar-refractivity contribution in [1.29, 1.82) is 0 Å². The summed E-state index contributed by atoms with van der Waals surface area (Å²) in [5, 5.41) is 15.2. The molecule has 2 rings (SSSR count). The molecule has 0 saturated heterocycles. The van der Waals surface area contributed by atoms with Crippen molar-refractivity contribution >= 4 is 11.7 Å². The summed E-state index contributed by atoms with van der Waals surface area (Å²) < 4.78 is 0. The number of rotatable bonds is 5. The summed E-state index contributed by atoms with van der Waals surface area (Å²) in [6.45, 7) is 3.81. The van der Waals surface area contributed by atoms with Crippen molar-refractivity contribution in [3.8, 4) is 0 Å². The summed E-state index contributed by atoms with van der Waals surface area (Å²) in [5.41, 5.74) is 4.90. The van der Waals surface area contributed by atoms with Crippen LogP contribution in [0.3, 0.4) is 0 Å². The number of nitrogens with one attached hydrogen (secondary N) is 1. The van der Waals surface area contributed by atoms with Gasteiger partial charge in [0.05, 0.1) is 0 Å². The summed E-state index contributed by atoms with van der Waals surface area (Å²) >= 11 is 0. The first-order chi connectivity index (χ1) is 9.07.